The Bertz CT molecular complexity index is 3480. The summed E-state index contributed by atoms with van der Waals surface area (Å²) in [6.45, 7) is 0. The van der Waals surface area contributed by atoms with Crippen LogP contribution in [0.15, 0.2) is 182 Å². The first-order valence-electron chi connectivity index (χ1n) is 18.6. The van der Waals surface area contributed by atoms with Crippen LogP contribution in [0.4, 0.5) is 0 Å². The number of nitrogens with zero attached hydrogens (tertiary/aromatic N) is 6. The second-order valence-electron chi connectivity index (χ2n) is 14.1. The maximum Gasteiger partial charge on any atom is 0.253 e. The molecule has 12 aromatic rings. The molecule has 0 radical (unpaired) electrons. The molecule has 6 nitrogen and oxygen atoms in total. The van der Waals surface area contributed by atoms with Crippen molar-refractivity contribution in [1.29, 1.82) is 0 Å². The van der Waals surface area contributed by atoms with Crippen LogP contribution in [0.1, 0.15) is 0 Å². The van der Waals surface area contributed by atoms with Gasteiger partial charge in [0.2, 0.25) is 0 Å². The summed E-state index contributed by atoms with van der Waals surface area (Å²) in [4.78, 5) is 10.3. The Labute approximate surface area is 314 Å². The molecule has 0 spiro atoms. The monoisotopic (exact) mass is 702 g/mol. The molecule has 0 saturated carbocycles. The Morgan fingerprint density at radius 3 is 1.93 bits per heavy atom. The fourth-order valence-corrected chi connectivity index (χ4v) is 8.69. The van der Waals surface area contributed by atoms with Gasteiger partial charge in [-0.05, 0) is 65.4 Å². The Morgan fingerprint density at radius 2 is 1.09 bits per heavy atom. The van der Waals surface area contributed by atoms with E-state index >= 15 is 0 Å². The summed E-state index contributed by atoms with van der Waals surface area (Å²) in [5.41, 5.74) is 10.6. The molecule has 8 aromatic carbocycles. The maximum absolute atomic E-state index is 5.19. The highest BCUT2D eigenvalue weighted by atomic mass is 15.3. The van der Waals surface area contributed by atoms with Crippen molar-refractivity contribution in [2.75, 3.05) is 0 Å². The number of aromatic nitrogens is 6. The average Bonchev–Trinajstić information content (AvgIpc) is 3.93. The summed E-state index contributed by atoms with van der Waals surface area (Å²) in [5.74, 6) is 1.18. The largest absolute Gasteiger partial charge is 0.309 e. The van der Waals surface area contributed by atoms with Gasteiger partial charge in [-0.3, -0.25) is 0 Å². The molecule has 0 aliphatic heterocycles. The van der Waals surface area contributed by atoms with Gasteiger partial charge >= 0.3 is 0 Å². The molecule has 0 N–H and O–H groups in total. The van der Waals surface area contributed by atoms with Gasteiger partial charge in [-0.25, -0.2) is 4.98 Å². The van der Waals surface area contributed by atoms with Crippen molar-refractivity contribution in [3.05, 3.63) is 182 Å². The summed E-state index contributed by atoms with van der Waals surface area (Å²) < 4.78 is 6.73. The summed E-state index contributed by atoms with van der Waals surface area (Å²) in [5, 5.41) is 13.4. The number of hydrogen-bond donors (Lipinski definition) is 0. The standard InChI is InChI=1S/C49H30N6/c1-3-15-31(16-4-1)46-37-22-10-14-26-42(37)55-49(50-46)51-48(52-55)38-23-11-13-25-41(38)54-40-24-12-9-21-35(40)36-27-28-43-45(47(36)54)39-29-32-17-7-8-18-33(32)30-44(39)53(43)34-19-5-2-6-20-34/h1-30H. The SMILES string of the molecule is c1ccc(-c2nc3nc(-c4ccccc4-n4c5ccccc5c5ccc6c(c7cc8ccccc8cc7n6-c6ccccc6)c54)nn3c3ccccc23)cc1. The van der Waals surface area contributed by atoms with Crippen molar-refractivity contribution in [2.24, 2.45) is 0 Å². The van der Waals surface area contributed by atoms with E-state index in [1.807, 2.05) is 28.8 Å². The Balaban J connectivity index is 1.19. The molecule has 4 aromatic heterocycles. The first kappa shape index (κ1) is 29.9. The van der Waals surface area contributed by atoms with Gasteiger partial charge in [0, 0.05) is 43.7 Å². The second-order valence-corrected chi connectivity index (χ2v) is 14.1. The topological polar surface area (TPSA) is 52.9 Å². The molecule has 0 unspecified atom stereocenters. The normalized spacial score (nSPS) is 12.0. The molecular weight excluding hydrogens is 673 g/mol. The third kappa shape index (κ3) is 4.33. The zero-order valence-electron chi connectivity index (χ0n) is 29.5. The smallest absolute Gasteiger partial charge is 0.253 e. The fraction of sp³-hybridized carbons (Fsp3) is 0. The molecule has 256 valence electrons. The minimum Gasteiger partial charge on any atom is -0.309 e. The molecule has 0 aliphatic carbocycles. The van der Waals surface area contributed by atoms with Crippen molar-refractivity contribution >= 4 is 71.1 Å². The zero-order valence-corrected chi connectivity index (χ0v) is 29.5. The van der Waals surface area contributed by atoms with Gasteiger partial charge in [0.15, 0.2) is 5.82 Å². The minimum absolute atomic E-state index is 0.560. The Kier molecular flexibility index (Phi) is 6.24. The van der Waals surface area contributed by atoms with Crippen molar-refractivity contribution in [2.45, 2.75) is 0 Å². The van der Waals surface area contributed by atoms with Crippen molar-refractivity contribution in [3.8, 4) is 34.0 Å². The zero-order chi connectivity index (χ0) is 36.0. The van der Waals surface area contributed by atoms with Gasteiger partial charge in [-0.1, -0.05) is 127 Å². The fourth-order valence-electron chi connectivity index (χ4n) is 8.69. The number of para-hydroxylation sites is 4. The number of rotatable bonds is 4. The lowest BCUT2D eigenvalue weighted by atomic mass is 10.0. The van der Waals surface area contributed by atoms with Gasteiger partial charge in [-0.2, -0.15) is 9.50 Å². The van der Waals surface area contributed by atoms with E-state index in [2.05, 4.69) is 167 Å². The molecule has 0 saturated heterocycles. The Hall–Kier alpha value is -7.57. The molecule has 4 heterocycles. The van der Waals surface area contributed by atoms with Gasteiger partial charge in [-0.15, -0.1) is 5.10 Å². The Morgan fingerprint density at radius 1 is 0.418 bits per heavy atom. The predicted octanol–water partition coefficient (Wildman–Crippen LogP) is 12.0. The lowest BCUT2D eigenvalue weighted by Crippen LogP contribution is -1.99. The van der Waals surface area contributed by atoms with E-state index in [4.69, 9.17) is 15.1 Å². The van der Waals surface area contributed by atoms with Gasteiger partial charge in [0.25, 0.3) is 5.78 Å². The molecule has 0 atom stereocenters. The molecule has 12 rings (SSSR count). The summed E-state index contributed by atoms with van der Waals surface area (Å²) in [6, 6.07) is 64.5. The second kappa shape index (κ2) is 11.5. The van der Waals surface area contributed by atoms with Crippen LogP contribution in [0.5, 0.6) is 0 Å². The predicted molar refractivity (Wildman–Crippen MR) is 225 cm³/mol. The van der Waals surface area contributed by atoms with Crippen LogP contribution in [0, 0.1) is 0 Å². The van der Waals surface area contributed by atoms with E-state index in [-0.39, 0.29) is 0 Å². The molecule has 6 heteroatoms. The first-order chi connectivity index (χ1) is 27.3. The van der Waals surface area contributed by atoms with Crippen molar-refractivity contribution in [1.82, 2.24) is 28.7 Å². The highest BCUT2D eigenvalue weighted by Crippen LogP contribution is 2.44. The van der Waals surface area contributed by atoms with E-state index in [9.17, 15) is 0 Å². The van der Waals surface area contributed by atoms with E-state index < -0.39 is 0 Å². The van der Waals surface area contributed by atoms with E-state index in [1.165, 1.54) is 37.8 Å². The van der Waals surface area contributed by atoms with Crippen LogP contribution >= 0.6 is 0 Å². The highest BCUT2D eigenvalue weighted by molar-refractivity contribution is 6.27. The third-order valence-corrected chi connectivity index (χ3v) is 11.1. The highest BCUT2D eigenvalue weighted by Gasteiger charge is 2.24. The number of hydrogen-bond acceptors (Lipinski definition) is 3. The van der Waals surface area contributed by atoms with Crippen LogP contribution in [-0.2, 0) is 0 Å². The molecule has 0 aliphatic rings. The first-order valence-corrected chi connectivity index (χ1v) is 18.6. The summed E-state index contributed by atoms with van der Waals surface area (Å²) in [7, 11) is 0. The lowest BCUT2D eigenvalue weighted by molar-refractivity contribution is 0.987. The van der Waals surface area contributed by atoms with Crippen molar-refractivity contribution in [3.63, 3.8) is 0 Å². The molecule has 0 fully saturated rings. The minimum atomic E-state index is 0.560. The van der Waals surface area contributed by atoms with Gasteiger partial charge in [0.1, 0.15) is 0 Å². The van der Waals surface area contributed by atoms with E-state index in [0.717, 1.165) is 55.6 Å². The van der Waals surface area contributed by atoms with Crippen LogP contribution in [-0.4, -0.2) is 28.7 Å². The molecule has 0 bridgehead atoms. The van der Waals surface area contributed by atoms with Gasteiger partial charge in [0.05, 0.1) is 39.0 Å². The van der Waals surface area contributed by atoms with E-state index in [0.29, 0.717) is 11.6 Å². The molecular formula is C49H30N6. The van der Waals surface area contributed by atoms with Crippen molar-refractivity contribution < 1.29 is 0 Å². The molecule has 0 amide bonds. The summed E-state index contributed by atoms with van der Waals surface area (Å²) in [6.07, 6.45) is 0. The quantitative estimate of drug-likeness (QED) is 0.183. The van der Waals surface area contributed by atoms with Crippen LogP contribution in [0.2, 0.25) is 0 Å². The van der Waals surface area contributed by atoms with Crippen LogP contribution < -0.4 is 0 Å². The summed E-state index contributed by atoms with van der Waals surface area (Å²) >= 11 is 0. The number of fused-ring (bicyclic) bond motifs is 11. The maximum atomic E-state index is 5.19. The average molecular weight is 703 g/mol. The number of benzene rings is 8. The third-order valence-electron chi connectivity index (χ3n) is 11.1. The van der Waals surface area contributed by atoms with E-state index in [1.54, 1.807) is 0 Å². The lowest BCUT2D eigenvalue weighted by Gasteiger charge is -2.13. The van der Waals surface area contributed by atoms with Crippen LogP contribution in [0.3, 0.4) is 0 Å². The van der Waals surface area contributed by atoms with Gasteiger partial charge < -0.3 is 9.13 Å². The molecule has 55 heavy (non-hydrogen) atoms. The van der Waals surface area contributed by atoms with Crippen LogP contribution in [0.25, 0.3) is 105 Å².